The molecule has 0 unspecified atom stereocenters. The van der Waals surface area contributed by atoms with Crippen molar-refractivity contribution in [2.24, 2.45) is 57.7 Å². The zero-order valence-corrected chi connectivity index (χ0v) is 58.7. The summed E-state index contributed by atoms with van der Waals surface area (Å²) in [6.45, 7) is 6.89. The highest BCUT2D eigenvalue weighted by Gasteiger charge is 2.37. The minimum absolute atomic E-state index is 0.0109. The number of unbranched alkanes of at least 4 members (excludes halogenated alkanes) is 2. The average molecular weight is 1440 g/mol. The molecule has 36 heteroatoms. The number of benzene rings is 2. The van der Waals surface area contributed by atoms with E-state index in [1.807, 2.05) is 0 Å². The molecule has 0 spiro atoms. The Bertz CT molecular complexity index is 3080. The monoisotopic (exact) mass is 1430 g/mol. The van der Waals surface area contributed by atoms with Crippen molar-refractivity contribution in [1.82, 2.24) is 63.8 Å². The first-order valence-corrected chi connectivity index (χ1v) is 34.2. The first kappa shape index (κ1) is 88.0. The molecule has 2 aromatic rings. The van der Waals surface area contributed by atoms with E-state index in [0.717, 1.165) is 0 Å². The summed E-state index contributed by atoms with van der Waals surface area (Å²) in [6, 6.07) is 0.634. The third kappa shape index (κ3) is 35.8. The second-order valence-corrected chi connectivity index (χ2v) is 25.7. The van der Waals surface area contributed by atoms with Crippen LogP contribution in [0.1, 0.15) is 135 Å². The van der Waals surface area contributed by atoms with Crippen LogP contribution in [0.2, 0.25) is 0 Å². The predicted octanol–water partition coefficient (Wildman–Crippen LogP) is -5.86. The Hall–Kier alpha value is -10.1. The van der Waals surface area contributed by atoms with Gasteiger partial charge in [0, 0.05) is 32.4 Å². The molecule has 0 aliphatic heterocycles. The molecule has 0 fully saturated rings. The van der Waals surface area contributed by atoms with Crippen LogP contribution in [0, 0.1) is 22.7 Å². The largest absolute Gasteiger partial charge is 0.394 e. The Kier molecular flexibility index (Phi) is 41.3. The van der Waals surface area contributed by atoms with Crippen molar-refractivity contribution in [2.75, 3.05) is 32.8 Å². The van der Waals surface area contributed by atoms with Crippen LogP contribution in [0.3, 0.4) is 0 Å². The lowest BCUT2D eigenvalue weighted by Crippen LogP contribution is -2.61. The number of primary amides is 3. The summed E-state index contributed by atoms with van der Waals surface area (Å²) >= 11 is 0. The molecular weight excluding hydrogens is 1320 g/mol. The maximum atomic E-state index is 14.8. The van der Waals surface area contributed by atoms with Crippen LogP contribution >= 0.6 is 0 Å². The van der Waals surface area contributed by atoms with Crippen LogP contribution in [0.15, 0.2) is 60.7 Å². The number of nitrogens with one attached hydrogen (secondary N) is 14. The molecule has 102 heavy (non-hydrogen) atoms. The van der Waals surface area contributed by atoms with E-state index >= 15 is 0 Å². The van der Waals surface area contributed by atoms with Crippen LogP contribution in [-0.2, 0) is 75.2 Å². The fourth-order valence-electron chi connectivity index (χ4n) is 10.4. The highest BCUT2D eigenvalue weighted by molar-refractivity contribution is 6.00. The maximum absolute atomic E-state index is 14.8. The number of carbonyl (C=O) groups excluding carboxylic acids is 13. The number of aliphatic hydroxyl groups excluding tert-OH is 1. The van der Waals surface area contributed by atoms with E-state index in [0.29, 0.717) is 43.4 Å². The number of carbonyl (C=O) groups is 13. The normalized spacial score (nSPS) is 14.3. The standard InChI is InChI=1S/C66H110N22O14/c1-37(2)31-47(84-57(95)44(23-15-29-77-65(73)74)80-55(93)41(69)36-89)61(99)87-50(34-40-19-9-6-10-20-40)63(101)88-51(35-53(71)91)64(102)82-45(24-16-30-78-66(75)76)58(96)85-48(32-38(3)4)60(98)86-49(33-39-17-7-5-8-18-39)62(100)83-46(25-26-52(70)90)59(97)81-43(22-12-14-28-68)56(94)79-42(54(72)92)21-11-13-27-67/h5-10,17-20,37-38,41-51,89H,11-16,21-36,67-69H2,1-4H3,(H2,70,90)(H2,71,91)(H2,72,92)(H,79,94)(H,80,93)(H,81,97)(H,82,102)(H,83,100)(H,84,95)(H,85,96)(H,86,98)(H,87,99)(H,88,101)(H4,73,74,77)(H4,75,76,78)/t41-,42-,43-,44-,45-,46-,47-,48-,49-,50-,51-/m0/s1. The van der Waals surface area contributed by atoms with E-state index in [2.05, 4.69) is 63.8 Å². The Morgan fingerprint density at radius 3 is 1.03 bits per heavy atom. The predicted molar refractivity (Wildman–Crippen MR) is 379 cm³/mol. The first-order chi connectivity index (χ1) is 48.3. The van der Waals surface area contributed by atoms with E-state index in [9.17, 15) is 67.4 Å². The van der Waals surface area contributed by atoms with E-state index in [4.69, 9.17) is 56.7 Å². The van der Waals surface area contributed by atoms with Crippen LogP contribution in [0.25, 0.3) is 0 Å². The summed E-state index contributed by atoms with van der Waals surface area (Å²) in [5.41, 5.74) is 45.9. The van der Waals surface area contributed by atoms with Gasteiger partial charge in [0.05, 0.1) is 13.0 Å². The second-order valence-electron chi connectivity index (χ2n) is 25.7. The molecular formula is C66H110N22O14. The maximum Gasteiger partial charge on any atom is 0.243 e. The van der Waals surface area contributed by atoms with Crippen LogP contribution in [0.4, 0.5) is 0 Å². The van der Waals surface area contributed by atoms with Crippen molar-refractivity contribution in [3.05, 3.63) is 71.8 Å². The average Bonchev–Trinajstić information content (AvgIpc) is 0.872. The summed E-state index contributed by atoms with van der Waals surface area (Å²) in [6.07, 6.45) is -0.319. The molecule has 0 aliphatic rings. The molecule has 0 aromatic heterocycles. The van der Waals surface area contributed by atoms with E-state index in [-0.39, 0.29) is 108 Å². The molecule has 11 atom stereocenters. The van der Waals surface area contributed by atoms with Gasteiger partial charge in [0.1, 0.15) is 66.5 Å². The molecule has 0 aliphatic carbocycles. The minimum Gasteiger partial charge on any atom is -0.394 e. The molecule has 0 bridgehead atoms. The van der Waals surface area contributed by atoms with Gasteiger partial charge in [-0.2, -0.15) is 0 Å². The molecule has 0 saturated heterocycles. The van der Waals surface area contributed by atoms with Gasteiger partial charge in [-0.1, -0.05) is 88.4 Å². The van der Waals surface area contributed by atoms with Gasteiger partial charge in [0.2, 0.25) is 76.8 Å². The zero-order chi connectivity index (χ0) is 76.4. The Morgan fingerprint density at radius 2 is 0.686 bits per heavy atom. The Morgan fingerprint density at radius 1 is 0.382 bits per heavy atom. The fourth-order valence-corrected chi connectivity index (χ4v) is 10.4. The number of aliphatic hydroxyl groups is 1. The third-order valence-electron chi connectivity index (χ3n) is 15.8. The molecule has 2 aromatic carbocycles. The quantitative estimate of drug-likeness (QED) is 0.0167. The summed E-state index contributed by atoms with van der Waals surface area (Å²) in [5, 5.41) is 55.8. The van der Waals surface area contributed by atoms with Crippen molar-refractivity contribution in [3.8, 4) is 0 Å². The lowest BCUT2D eigenvalue weighted by atomic mass is 9.99. The number of nitrogens with two attached hydrogens (primary N) is 8. The summed E-state index contributed by atoms with van der Waals surface area (Å²) in [5.74, 6) is -13.5. The fraction of sp³-hybridized carbons (Fsp3) is 0.591. The van der Waals surface area contributed by atoms with Gasteiger partial charge < -0.3 is 115 Å². The smallest absolute Gasteiger partial charge is 0.243 e. The highest BCUT2D eigenvalue weighted by atomic mass is 16.3. The summed E-state index contributed by atoms with van der Waals surface area (Å²) < 4.78 is 0. The Balaban J connectivity index is 2.64. The molecule has 568 valence electrons. The SMILES string of the molecule is CC(C)C[C@H](NC(=O)[C@H](CCCNC(=N)N)NC(=O)[C@H](CC(N)=O)NC(=O)[C@H](Cc1ccccc1)NC(=O)[C@H](CC(C)C)NC(=O)[C@H](CCCNC(=N)N)NC(=O)[C@@H](N)CO)C(=O)N[C@@H](Cc1ccccc1)C(=O)N[C@@H](CCC(N)=O)C(=O)N[C@@H](CCCCN)C(=O)N[C@@H](CCCCN)C(N)=O. The van der Waals surface area contributed by atoms with Crippen molar-refractivity contribution < 1.29 is 67.4 Å². The van der Waals surface area contributed by atoms with Gasteiger partial charge >= 0.3 is 0 Å². The molecule has 31 N–H and O–H groups in total. The summed E-state index contributed by atoms with van der Waals surface area (Å²) in [7, 11) is 0. The van der Waals surface area contributed by atoms with Crippen LogP contribution in [-0.4, -0.2) is 193 Å². The van der Waals surface area contributed by atoms with Crippen molar-refractivity contribution >= 4 is 88.7 Å². The minimum atomic E-state index is -1.85. The van der Waals surface area contributed by atoms with E-state index in [1.54, 1.807) is 88.4 Å². The molecule has 13 amide bonds. The molecule has 0 saturated carbocycles. The van der Waals surface area contributed by atoms with E-state index < -0.39 is 169 Å². The lowest BCUT2D eigenvalue weighted by molar-refractivity contribution is -0.137. The number of rotatable bonds is 51. The Labute approximate surface area is 594 Å². The number of hydrogen-bond acceptors (Lipinski definition) is 19. The van der Waals surface area contributed by atoms with Gasteiger partial charge in [-0.25, -0.2) is 0 Å². The lowest BCUT2D eigenvalue weighted by Gasteiger charge is -2.29. The van der Waals surface area contributed by atoms with Gasteiger partial charge in [-0.3, -0.25) is 73.1 Å². The zero-order valence-electron chi connectivity index (χ0n) is 58.7. The number of hydrogen-bond donors (Lipinski definition) is 23. The van der Waals surface area contributed by atoms with Crippen LogP contribution in [0.5, 0.6) is 0 Å². The molecule has 36 nitrogen and oxygen atoms in total. The van der Waals surface area contributed by atoms with Gasteiger partial charge in [-0.05, 0) is 120 Å². The summed E-state index contributed by atoms with van der Waals surface area (Å²) in [4.78, 5) is 180. The van der Waals surface area contributed by atoms with Crippen molar-refractivity contribution in [2.45, 2.75) is 203 Å². The highest BCUT2D eigenvalue weighted by Crippen LogP contribution is 2.15. The molecule has 0 radical (unpaired) electrons. The van der Waals surface area contributed by atoms with Crippen molar-refractivity contribution in [3.63, 3.8) is 0 Å². The van der Waals surface area contributed by atoms with Gasteiger partial charge in [0.15, 0.2) is 11.9 Å². The number of amides is 13. The van der Waals surface area contributed by atoms with Gasteiger partial charge in [0.25, 0.3) is 0 Å². The second kappa shape index (κ2) is 47.9. The van der Waals surface area contributed by atoms with Crippen molar-refractivity contribution in [1.29, 1.82) is 10.8 Å². The third-order valence-corrected chi connectivity index (χ3v) is 15.8. The number of guanidine groups is 2. The topological polar surface area (TPSA) is 642 Å². The first-order valence-electron chi connectivity index (χ1n) is 34.2. The van der Waals surface area contributed by atoms with Crippen LogP contribution < -0.4 is 110 Å². The molecule has 2 rings (SSSR count). The molecule has 0 heterocycles. The van der Waals surface area contributed by atoms with E-state index in [1.165, 1.54) is 0 Å². The van der Waals surface area contributed by atoms with Gasteiger partial charge in [-0.15, -0.1) is 0 Å².